The summed E-state index contributed by atoms with van der Waals surface area (Å²) in [6.45, 7) is 21.6. The van der Waals surface area contributed by atoms with Gasteiger partial charge < -0.3 is 19.3 Å². The van der Waals surface area contributed by atoms with Gasteiger partial charge in [-0.2, -0.15) is 0 Å². The summed E-state index contributed by atoms with van der Waals surface area (Å²) >= 11 is 0. The number of nitrogens with zero attached hydrogens (tertiary/aromatic N) is 2. The van der Waals surface area contributed by atoms with Gasteiger partial charge in [0.05, 0.1) is 17.5 Å². The first-order valence-electron chi connectivity index (χ1n) is 20.6. The van der Waals surface area contributed by atoms with Crippen molar-refractivity contribution in [2.75, 3.05) is 36.0 Å². The molecule has 0 amide bonds. The van der Waals surface area contributed by atoms with Gasteiger partial charge in [0.2, 0.25) is 0 Å². The lowest BCUT2D eigenvalue weighted by atomic mass is 10.0. The largest absolute Gasteiger partial charge is 0.423 e. The average molecular weight is 775 g/mol. The van der Waals surface area contributed by atoms with Crippen LogP contribution >= 0.6 is 0 Å². The van der Waals surface area contributed by atoms with Gasteiger partial charge in [-0.05, 0) is 146 Å². The van der Waals surface area contributed by atoms with Crippen LogP contribution < -0.4 is 19.3 Å². The maximum atomic E-state index is 13.0. The number of ketones is 2. The molecular weight excluding hydrogens is 713 g/mol. The molecule has 0 heterocycles. The van der Waals surface area contributed by atoms with Crippen molar-refractivity contribution in [3.05, 3.63) is 119 Å². The highest BCUT2D eigenvalue weighted by Gasteiger charge is 2.17. The minimum absolute atomic E-state index is 0.300. The van der Waals surface area contributed by atoms with E-state index in [1.165, 1.54) is 0 Å². The zero-order chi connectivity index (χ0) is 41.5. The van der Waals surface area contributed by atoms with Crippen LogP contribution in [0.1, 0.15) is 129 Å². The number of ether oxygens (including phenoxy) is 2. The Morgan fingerprint density at radius 3 is 0.930 bits per heavy atom. The van der Waals surface area contributed by atoms with Crippen LogP contribution in [0.5, 0.6) is 11.5 Å². The molecule has 0 saturated heterocycles. The van der Waals surface area contributed by atoms with Gasteiger partial charge in [0.25, 0.3) is 0 Å². The Morgan fingerprint density at radius 1 is 0.404 bits per heavy atom. The van der Waals surface area contributed by atoms with Crippen molar-refractivity contribution < 1.29 is 28.7 Å². The molecule has 8 heteroatoms. The molecule has 0 N–H and O–H groups in total. The molecule has 0 unspecified atom stereocenters. The molecule has 8 nitrogen and oxygen atoms in total. The van der Waals surface area contributed by atoms with Crippen LogP contribution in [0.25, 0.3) is 0 Å². The van der Waals surface area contributed by atoms with E-state index in [9.17, 15) is 19.2 Å². The summed E-state index contributed by atoms with van der Waals surface area (Å²) in [4.78, 5) is 56.6. The summed E-state index contributed by atoms with van der Waals surface area (Å²) in [6.07, 6.45) is 4.03. The Morgan fingerprint density at radius 2 is 0.667 bits per heavy atom. The van der Waals surface area contributed by atoms with Gasteiger partial charge in [-0.25, -0.2) is 9.59 Å². The predicted molar refractivity (Wildman–Crippen MR) is 231 cm³/mol. The van der Waals surface area contributed by atoms with Crippen LogP contribution in [-0.2, 0) is 0 Å². The number of rotatable bonds is 22. The molecule has 0 fully saturated rings. The summed E-state index contributed by atoms with van der Waals surface area (Å²) in [5.74, 6) is 1.31. The molecule has 0 saturated carbocycles. The third kappa shape index (κ3) is 14.7. The van der Waals surface area contributed by atoms with Gasteiger partial charge in [0.1, 0.15) is 11.5 Å². The maximum Gasteiger partial charge on any atom is 0.343 e. The third-order valence-corrected chi connectivity index (χ3v) is 9.94. The highest BCUT2D eigenvalue weighted by atomic mass is 16.5. The maximum absolute atomic E-state index is 13.0. The molecule has 0 aliphatic heterocycles. The number of carbonyl (C=O) groups is 4. The minimum atomic E-state index is -0.491. The van der Waals surface area contributed by atoms with E-state index in [1.54, 1.807) is 72.8 Å². The zero-order valence-corrected chi connectivity index (χ0v) is 35.3. The molecule has 0 radical (unpaired) electrons. The predicted octanol–water partition coefficient (Wildman–Crippen LogP) is 11.4. The number of anilines is 2. The second kappa shape index (κ2) is 21.9. The molecule has 0 spiro atoms. The van der Waals surface area contributed by atoms with Gasteiger partial charge in [0.15, 0.2) is 11.6 Å². The summed E-state index contributed by atoms with van der Waals surface area (Å²) in [7, 11) is 0. The lowest BCUT2D eigenvalue weighted by Crippen LogP contribution is -2.27. The van der Waals surface area contributed by atoms with Gasteiger partial charge in [0, 0.05) is 48.7 Å². The highest BCUT2D eigenvalue weighted by molar-refractivity contribution is 6.13. The summed E-state index contributed by atoms with van der Waals surface area (Å²) in [5, 5.41) is 0. The van der Waals surface area contributed by atoms with Gasteiger partial charge in [-0.15, -0.1) is 0 Å². The number of carbonyl (C=O) groups excluding carboxylic acids is 4. The van der Waals surface area contributed by atoms with Gasteiger partial charge >= 0.3 is 11.9 Å². The third-order valence-electron chi connectivity index (χ3n) is 9.94. The van der Waals surface area contributed by atoms with E-state index in [2.05, 4.69) is 65.2 Å². The lowest BCUT2D eigenvalue weighted by Gasteiger charge is -2.26. The smallest absolute Gasteiger partial charge is 0.343 e. The molecule has 0 atom stereocenters. The summed E-state index contributed by atoms with van der Waals surface area (Å²) < 4.78 is 11.2. The van der Waals surface area contributed by atoms with E-state index in [4.69, 9.17) is 9.47 Å². The van der Waals surface area contributed by atoms with Gasteiger partial charge in [-0.3, -0.25) is 9.59 Å². The summed E-state index contributed by atoms with van der Waals surface area (Å²) in [6, 6.07) is 27.4. The van der Waals surface area contributed by atoms with E-state index < -0.39 is 11.9 Å². The Kier molecular flexibility index (Phi) is 17.1. The molecular formula is C49H62N2O6. The normalized spacial score (nSPS) is 11.3. The van der Waals surface area contributed by atoms with Crippen LogP contribution in [0.2, 0.25) is 0 Å². The summed E-state index contributed by atoms with van der Waals surface area (Å²) in [5.41, 5.74) is 3.69. The number of hydrogen-bond acceptors (Lipinski definition) is 8. The molecule has 304 valence electrons. The minimum Gasteiger partial charge on any atom is -0.423 e. The number of hydrogen-bond donors (Lipinski definition) is 0. The molecule has 4 aromatic carbocycles. The molecule has 0 aliphatic rings. The molecule has 4 aromatic rings. The van der Waals surface area contributed by atoms with E-state index in [1.807, 2.05) is 24.3 Å². The highest BCUT2D eigenvalue weighted by Crippen LogP contribution is 2.23. The quantitative estimate of drug-likeness (QED) is 0.0337. The molecule has 0 aromatic heterocycles. The second-order valence-corrected chi connectivity index (χ2v) is 16.6. The molecule has 57 heavy (non-hydrogen) atoms. The topological polar surface area (TPSA) is 93.2 Å². The fourth-order valence-electron chi connectivity index (χ4n) is 6.11. The fraction of sp³-hybridized carbons (Fsp3) is 0.429. The molecule has 0 bridgehead atoms. The van der Waals surface area contributed by atoms with E-state index in [0.29, 0.717) is 57.4 Å². The Hall–Kier alpha value is -5.24. The van der Waals surface area contributed by atoms with Crippen molar-refractivity contribution in [2.24, 2.45) is 23.7 Å². The van der Waals surface area contributed by atoms with E-state index >= 15 is 0 Å². The fourth-order valence-corrected chi connectivity index (χ4v) is 6.11. The first kappa shape index (κ1) is 44.5. The van der Waals surface area contributed by atoms with Crippen molar-refractivity contribution in [2.45, 2.75) is 87.5 Å². The van der Waals surface area contributed by atoms with Crippen molar-refractivity contribution in [1.29, 1.82) is 0 Å². The van der Waals surface area contributed by atoms with Crippen LogP contribution in [0.15, 0.2) is 97.1 Å². The molecule has 4 rings (SSSR count). The SMILES string of the molecule is CC(C)CCN(CCC(C)C)c1ccc(C(=O)Oc2ccc(C(=O)CC(=O)c3ccc(OC(=O)c4ccc(N(CCC(C)C)CCC(C)C)cc4)cc3)cc2)cc1. The van der Waals surface area contributed by atoms with Crippen molar-refractivity contribution in [3.63, 3.8) is 0 Å². The first-order valence-corrected chi connectivity index (χ1v) is 20.6. The number of esters is 2. The first-order chi connectivity index (χ1) is 27.2. The Labute approximate surface area is 340 Å². The monoisotopic (exact) mass is 774 g/mol. The van der Waals surface area contributed by atoms with Crippen molar-refractivity contribution >= 4 is 34.9 Å². The Balaban J connectivity index is 1.28. The number of Topliss-reactive ketones (excluding diaryl/α,β-unsaturated/α-hetero) is 2. The van der Waals surface area contributed by atoms with Crippen molar-refractivity contribution in [3.8, 4) is 11.5 Å². The van der Waals surface area contributed by atoms with Crippen LogP contribution in [-0.4, -0.2) is 49.7 Å². The van der Waals surface area contributed by atoms with Gasteiger partial charge in [-0.1, -0.05) is 55.4 Å². The second-order valence-electron chi connectivity index (χ2n) is 16.6. The lowest BCUT2D eigenvalue weighted by molar-refractivity contribution is 0.0725. The average Bonchev–Trinajstić information content (AvgIpc) is 3.18. The van der Waals surface area contributed by atoms with Crippen LogP contribution in [0, 0.1) is 23.7 Å². The number of benzene rings is 4. The molecule has 0 aliphatic carbocycles. The van der Waals surface area contributed by atoms with Crippen LogP contribution in [0.3, 0.4) is 0 Å². The van der Waals surface area contributed by atoms with E-state index in [-0.39, 0.29) is 18.0 Å². The zero-order valence-electron chi connectivity index (χ0n) is 35.3. The standard InChI is InChI=1S/C49H62N2O6/c1-34(2)25-29-50(30-26-35(3)4)42-17-9-40(10-18-42)48(54)56-44-21-13-38(14-22-44)46(52)33-47(53)39-15-23-45(24-16-39)57-49(55)41-11-19-43(20-12-41)51(31-27-36(5)6)32-28-37(7)8/h9-24,34-37H,25-33H2,1-8H3. The van der Waals surface area contributed by atoms with Crippen molar-refractivity contribution in [1.82, 2.24) is 0 Å². The van der Waals surface area contributed by atoms with E-state index in [0.717, 1.165) is 63.2 Å². The van der Waals surface area contributed by atoms with Crippen LogP contribution in [0.4, 0.5) is 11.4 Å². The Bertz CT molecular complexity index is 1720.